The molecule has 61 heavy (non-hydrogen) atoms. The van der Waals surface area contributed by atoms with Crippen molar-refractivity contribution in [3.8, 4) is 0 Å². The number of pyridine rings is 1. The summed E-state index contributed by atoms with van der Waals surface area (Å²) in [6.45, 7) is 9.01. The zero-order valence-electron chi connectivity index (χ0n) is 34.5. The van der Waals surface area contributed by atoms with Crippen LogP contribution < -0.4 is 15.5 Å². The van der Waals surface area contributed by atoms with Crippen molar-refractivity contribution in [3.63, 3.8) is 0 Å². The maximum absolute atomic E-state index is 15.7. The van der Waals surface area contributed by atoms with Gasteiger partial charge in [-0.05, 0) is 53.7 Å². The van der Waals surface area contributed by atoms with E-state index < -0.39 is 78.3 Å². The summed E-state index contributed by atoms with van der Waals surface area (Å²) in [7, 11) is -3.01. The summed E-state index contributed by atoms with van der Waals surface area (Å²) in [6, 6.07) is 26.8. The zero-order chi connectivity index (χ0) is 44.3. The second-order valence-corrected chi connectivity index (χ2v) is 21.6. The van der Waals surface area contributed by atoms with E-state index in [-0.39, 0.29) is 49.9 Å². The van der Waals surface area contributed by atoms with E-state index in [1.165, 1.54) is 0 Å². The van der Waals surface area contributed by atoms with Gasteiger partial charge in [0.1, 0.15) is 30.3 Å². The first-order valence-corrected chi connectivity index (χ1v) is 22.8. The minimum atomic E-state index is -5.02. The molecule has 0 spiro atoms. The topological polar surface area (TPSA) is 117 Å². The molecule has 6 rings (SSSR count). The molecule has 0 saturated carbocycles. The normalized spacial score (nSPS) is 18.2. The Bertz CT molecular complexity index is 2180. The van der Waals surface area contributed by atoms with Gasteiger partial charge >= 0.3 is 18.3 Å². The van der Waals surface area contributed by atoms with Gasteiger partial charge in [-0.1, -0.05) is 112 Å². The third-order valence-corrected chi connectivity index (χ3v) is 16.1. The maximum atomic E-state index is 15.7. The molecule has 3 heterocycles. The molecule has 4 aromatic rings. The lowest BCUT2D eigenvalue weighted by Gasteiger charge is -2.44. The van der Waals surface area contributed by atoms with Gasteiger partial charge < -0.3 is 30.1 Å². The van der Waals surface area contributed by atoms with Crippen LogP contribution in [0.4, 0.5) is 32.2 Å². The van der Waals surface area contributed by atoms with E-state index >= 15 is 13.2 Å². The van der Waals surface area contributed by atoms with Gasteiger partial charge in [0.05, 0.1) is 17.2 Å². The fourth-order valence-corrected chi connectivity index (χ4v) is 8.54. The van der Waals surface area contributed by atoms with Crippen molar-refractivity contribution in [2.24, 2.45) is 11.8 Å². The number of aromatic nitrogens is 1. The van der Waals surface area contributed by atoms with Crippen molar-refractivity contribution in [1.82, 2.24) is 15.6 Å². The highest BCUT2D eigenvalue weighted by Gasteiger charge is 2.57. The van der Waals surface area contributed by atoms with Gasteiger partial charge in [0.15, 0.2) is 8.32 Å². The fraction of sp³-hybridized carbons (Fsp3) is 0.378. The molecule has 0 bridgehead atoms. The molecule has 2 aliphatic heterocycles. The Morgan fingerprint density at radius 2 is 1.44 bits per heavy atom. The quantitative estimate of drug-likeness (QED) is 0.0562. The number of hydrogen-bond acceptors (Lipinski definition) is 8. The molecular weight excluding hydrogens is 817 g/mol. The molecule has 2 aliphatic rings. The van der Waals surface area contributed by atoms with Crippen LogP contribution in [0.3, 0.4) is 0 Å². The summed E-state index contributed by atoms with van der Waals surface area (Å²) in [6.07, 6.45) is -11.1. The predicted octanol–water partition coefficient (Wildman–Crippen LogP) is 9.98. The van der Waals surface area contributed by atoms with Crippen LogP contribution in [-0.4, -0.2) is 56.3 Å². The van der Waals surface area contributed by atoms with Gasteiger partial charge in [0, 0.05) is 36.5 Å². The molecule has 1 aromatic heterocycles. The lowest BCUT2D eigenvalue weighted by atomic mass is 9.78. The van der Waals surface area contributed by atoms with Gasteiger partial charge in [-0.15, -0.1) is 0 Å². The highest BCUT2D eigenvalue weighted by atomic mass is 28.4. The van der Waals surface area contributed by atoms with Gasteiger partial charge in [-0.3, -0.25) is 4.79 Å². The average Bonchev–Trinajstić information content (AvgIpc) is 3.22. The summed E-state index contributed by atoms with van der Waals surface area (Å²) in [5.41, 5.74) is -0.810. The number of anilines is 1. The van der Waals surface area contributed by atoms with E-state index in [1.54, 1.807) is 72.6 Å². The maximum Gasteiger partial charge on any atom is 0.418 e. The van der Waals surface area contributed by atoms with Crippen molar-refractivity contribution in [1.29, 1.82) is 5.41 Å². The molecule has 3 aromatic carbocycles. The van der Waals surface area contributed by atoms with Crippen molar-refractivity contribution < 1.29 is 45.1 Å². The molecule has 0 radical (unpaired) electrons. The van der Waals surface area contributed by atoms with Crippen LogP contribution in [0.25, 0.3) is 0 Å². The highest BCUT2D eigenvalue weighted by Crippen LogP contribution is 2.46. The Labute approximate surface area is 352 Å². The Hall–Kier alpha value is -5.48. The summed E-state index contributed by atoms with van der Waals surface area (Å²) in [4.78, 5) is 32.7. The molecule has 9 nitrogen and oxygen atoms in total. The Morgan fingerprint density at radius 1 is 0.902 bits per heavy atom. The van der Waals surface area contributed by atoms with E-state index in [1.807, 2.05) is 57.2 Å². The van der Waals surface area contributed by atoms with Gasteiger partial charge in [-0.2, -0.15) is 26.3 Å². The lowest BCUT2D eigenvalue weighted by molar-refractivity contribution is -0.190. The van der Waals surface area contributed by atoms with E-state index in [4.69, 9.17) is 9.16 Å². The summed E-state index contributed by atoms with van der Waals surface area (Å²) >= 11 is 0. The van der Waals surface area contributed by atoms with Gasteiger partial charge in [0.2, 0.25) is 0 Å². The number of rotatable bonds is 12. The smallest absolute Gasteiger partial charge is 0.418 e. The van der Waals surface area contributed by atoms with Crippen LogP contribution in [0.1, 0.15) is 72.3 Å². The Morgan fingerprint density at radius 3 is 1.95 bits per heavy atom. The van der Waals surface area contributed by atoms with Gasteiger partial charge in [0.25, 0.3) is 5.91 Å². The van der Waals surface area contributed by atoms with Crippen LogP contribution >= 0.6 is 0 Å². The molecule has 0 aliphatic carbocycles. The van der Waals surface area contributed by atoms with E-state index in [9.17, 15) is 28.2 Å². The second kappa shape index (κ2) is 17.9. The van der Waals surface area contributed by atoms with Crippen LogP contribution in [-0.2, 0) is 26.7 Å². The Balaban J connectivity index is 1.34. The van der Waals surface area contributed by atoms with Crippen LogP contribution in [0.2, 0.25) is 18.1 Å². The molecule has 1 saturated heterocycles. The predicted molar refractivity (Wildman–Crippen MR) is 222 cm³/mol. The van der Waals surface area contributed by atoms with E-state index in [0.717, 1.165) is 6.07 Å². The number of esters is 1. The van der Waals surface area contributed by atoms with E-state index in [0.29, 0.717) is 22.9 Å². The molecule has 16 heteroatoms. The third-order valence-electron chi connectivity index (χ3n) is 11.7. The summed E-state index contributed by atoms with van der Waals surface area (Å²) < 4.78 is 101. The number of alkyl halides is 6. The molecule has 1 amide bonds. The van der Waals surface area contributed by atoms with E-state index in [2.05, 4.69) is 15.6 Å². The highest BCUT2D eigenvalue weighted by molar-refractivity contribution is 6.74. The number of nitrogens with zero attached hydrogens (tertiary/aromatic N) is 2. The molecule has 324 valence electrons. The first-order chi connectivity index (χ1) is 28.7. The number of piperidine rings is 1. The molecule has 2 atom stereocenters. The molecule has 1 fully saturated rings. The number of benzene rings is 3. The first kappa shape index (κ1) is 45.1. The number of ether oxygens (including phenoxy) is 1. The molecular formula is C45H49F6N5O4Si. The molecule has 1 unspecified atom stereocenters. The minimum Gasteiger partial charge on any atom is -0.457 e. The first-order valence-electron chi connectivity index (χ1n) is 19.9. The van der Waals surface area contributed by atoms with Crippen molar-refractivity contribution in [2.75, 3.05) is 18.0 Å². The molecule has 3 N–H and O–H groups in total. The Kier molecular flexibility index (Phi) is 13.2. The SMILES string of the molecule is CC(C)(C)[Si](C)(C)OC1C(=O)NC(NC(c2ccccc2)c2ccccc2)=C(C(=N)C2CCN(c3cc(C(=O)OCc4ccccc4)c(C(F)(F)F)cn3)CC2)[C@H]1C(F)(F)F. The lowest BCUT2D eigenvalue weighted by Crippen LogP contribution is -2.59. The number of carbonyl (C=O) groups is 2. The number of halogens is 6. The van der Waals surface area contributed by atoms with Crippen molar-refractivity contribution >= 4 is 31.7 Å². The zero-order valence-corrected chi connectivity index (χ0v) is 35.5. The van der Waals surface area contributed by atoms with Crippen LogP contribution in [0.5, 0.6) is 0 Å². The van der Waals surface area contributed by atoms with Crippen molar-refractivity contribution in [3.05, 3.63) is 142 Å². The van der Waals surface area contributed by atoms with Gasteiger partial charge in [-0.25, -0.2) is 9.78 Å². The number of amides is 1. The average molecular weight is 866 g/mol. The van der Waals surface area contributed by atoms with Crippen LogP contribution in [0.15, 0.2) is 115 Å². The minimum absolute atomic E-state index is 0.0423. The summed E-state index contributed by atoms with van der Waals surface area (Å²) in [5, 5.41) is 14.9. The third kappa shape index (κ3) is 10.4. The largest absolute Gasteiger partial charge is 0.457 e. The monoisotopic (exact) mass is 865 g/mol. The summed E-state index contributed by atoms with van der Waals surface area (Å²) in [5.74, 6) is -5.66. The number of nitrogens with one attached hydrogen (secondary N) is 3. The standard InChI is InChI=1S/C45H49F6N5O4Si/c1-43(2,3)61(4,5)60-39-36(45(49,50)51)35(40(55-41(39)57)54-38(30-17-11-7-12-18-30)31-19-13-8-14-20-31)37(52)29-21-23-56(24-22-29)34-25-32(33(26-53-34)44(46,47)48)42(58)59-27-28-15-9-6-10-16-28/h6-20,25-26,29,36,38-39,52,54H,21-24,27H2,1-5H3,(H,55,57)/t36-,39?/m1/s1. The van der Waals surface area contributed by atoms with Crippen molar-refractivity contribution in [2.45, 2.75) is 82.9 Å². The second-order valence-electron chi connectivity index (χ2n) is 16.8. The number of hydrogen-bond donors (Lipinski definition) is 3. The fourth-order valence-electron chi connectivity index (χ4n) is 7.31. The number of carbonyl (C=O) groups excluding carboxylic acids is 2. The van der Waals surface area contributed by atoms with Crippen LogP contribution in [0, 0.1) is 17.2 Å².